The second-order valence-corrected chi connectivity index (χ2v) is 4.63. The van der Waals surface area contributed by atoms with E-state index in [0.717, 1.165) is 0 Å². The van der Waals surface area contributed by atoms with Crippen LogP contribution in [0, 0.1) is 0 Å². The summed E-state index contributed by atoms with van der Waals surface area (Å²) in [5.74, 6) is -1.26. The van der Waals surface area contributed by atoms with Gasteiger partial charge < -0.3 is 5.11 Å². The van der Waals surface area contributed by atoms with Crippen LogP contribution in [0.2, 0.25) is 0 Å². The first-order chi connectivity index (χ1) is 9.18. The number of carboxylic acid groups (broad SMARTS) is 1. The fraction of sp³-hybridized carbons (Fsp3) is 0. The van der Waals surface area contributed by atoms with Crippen molar-refractivity contribution in [2.75, 3.05) is 0 Å². The van der Waals surface area contributed by atoms with E-state index in [1.807, 2.05) is 0 Å². The lowest BCUT2D eigenvalue weighted by atomic mass is 10.2. The zero-order valence-corrected chi connectivity index (χ0v) is 10.3. The summed E-state index contributed by atoms with van der Waals surface area (Å²) in [6.07, 6.45) is 4.43. The molecule has 0 radical (unpaired) electrons. The van der Waals surface area contributed by atoms with E-state index in [1.54, 1.807) is 34.6 Å². The van der Waals surface area contributed by atoms with Crippen LogP contribution in [-0.4, -0.2) is 25.6 Å². The Hall–Kier alpha value is -2.54. The molecule has 0 fully saturated rings. The van der Waals surface area contributed by atoms with Gasteiger partial charge in [0.2, 0.25) is 5.43 Å². The highest BCUT2D eigenvalue weighted by Crippen LogP contribution is 2.18. The molecule has 94 valence electrons. The number of hydrogen-bond acceptors (Lipinski definition) is 5. The normalized spacial score (nSPS) is 10.7. The Kier molecular flexibility index (Phi) is 2.60. The molecule has 0 saturated carbocycles. The van der Waals surface area contributed by atoms with E-state index in [1.165, 1.54) is 17.5 Å². The van der Waals surface area contributed by atoms with E-state index in [2.05, 4.69) is 9.97 Å². The smallest absolute Gasteiger partial charge is 0.341 e. The molecule has 3 heterocycles. The zero-order chi connectivity index (χ0) is 13.4. The summed E-state index contributed by atoms with van der Waals surface area (Å²) in [6.45, 7) is 0. The topological polar surface area (TPSA) is 85.1 Å². The fourth-order valence-corrected chi connectivity index (χ4v) is 2.41. The van der Waals surface area contributed by atoms with Gasteiger partial charge in [-0.1, -0.05) is 0 Å². The van der Waals surface area contributed by atoms with Crippen LogP contribution in [0.5, 0.6) is 0 Å². The highest BCUT2D eigenvalue weighted by molar-refractivity contribution is 7.12. The predicted molar refractivity (Wildman–Crippen MR) is 70.0 cm³/mol. The third-order valence-electron chi connectivity index (χ3n) is 2.65. The number of thiazole rings is 1. The Labute approximate surface area is 110 Å². The highest BCUT2D eigenvalue weighted by Gasteiger charge is 2.16. The number of aromatic carboxylic acids is 1. The lowest BCUT2D eigenvalue weighted by Crippen LogP contribution is -2.18. The van der Waals surface area contributed by atoms with E-state index < -0.39 is 11.4 Å². The molecule has 0 bridgehead atoms. The molecule has 3 aromatic heterocycles. The molecular formula is C12H7N3O3S. The van der Waals surface area contributed by atoms with Crippen molar-refractivity contribution < 1.29 is 9.90 Å². The summed E-state index contributed by atoms with van der Waals surface area (Å²) in [7, 11) is 0. The van der Waals surface area contributed by atoms with Gasteiger partial charge in [0.25, 0.3) is 0 Å². The third-order valence-corrected chi connectivity index (χ3v) is 3.42. The average molecular weight is 273 g/mol. The number of nitrogens with zero attached hydrogens (tertiary/aromatic N) is 3. The van der Waals surface area contributed by atoms with E-state index in [4.69, 9.17) is 5.11 Å². The number of rotatable bonds is 2. The second-order valence-electron chi connectivity index (χ2n) is 3.76. The van der Waals surface area contributed by atoms with Gasteiger partial charge in [0.1, 0.15) is 16.2 Å². The van der Waals surface area contributed by atoms with Crippen LogP contribution in [-0.2, 0) is 0 Å². The summed E-state index contributed by atoms with van der Waals surface area (Å²) in [5.41, 5.74) is 1.23. The van der Waals surface area contributed by atoms with Crippen LogP contribution in [0.25, 0.3) is 16.0 Å². The maximum absolute atomic E-state index is 12.0. The van der Waals surface area contributed by atoms with Crippen molar-refractivity contribution in [1.82, 2.24) is 14.5 Å². The minimum Gasteiger partial charge on any atom is -0.477 e. The van der Waals surface area contributed by atoms with Crippen molar-refractivity contribution in [3.63, 3.8) is 0 Å². The van der Waals surface area contributed by atoms with Crippen LogP contribution >= 0.6 is 11.3 Å². The lowest BCUT2D eigenvalue weighted by molar-refractivity contribution is 0.0695. The van der Waals surface area contributed by atoms with Gasteiger partial charge in [-0.05, 0) is 12.1 Å². The van der Waals surface area contributed by atoms with Gasteiger partial charge in [0.05, 0.1) is 17.1 Å². The molecule has 0 atom stereocenters. The van der Waals surface area contributed by atoms with E-state index in [-0.39, 0.29) is 10.9 Å². The monoisotopic (exact) mass is 273 g/mol. The molecule has 1 N–H and O–H groups in total. The van der Waals surface area contributed by atoms with Gasteiger partial charge in [-0.3, -0.25) is 14.3 Å². The van der Waals surface area contributed by atoms with Gasteiger partial charge in [-0.25, -0.2) is 9.78 Å². The lowest BCUT2D eigenvalue weighted by Gasteiger charge is -2.08. The Balaban J connectivity index is 2.48. The molecule has 0 spiro atoms. The van der Waals surface area contributed by atoms with Crippen LogP contribution < -0.4 is 5.43 Å². The number of aromatic nitrogens is 3. The van der Waals surface area contributed by atoms with Crippen LogP contribution in [0.4, 0.5) is 0 Å². The number of carbonyl (C=O) groups is 1. The standard InChI is InChI=1S/C12H7N3O3S/c16-10-7-2-1-3-14-11(7)15(5-8(10)12(17)18)9-4-13-6-19-9/h1-6H,(H,17,18). The number of hydrogen-bond donors (Lipinski definition) is 1. The number of pyridine rings is 2. The van der Waals surface area contributed by atoms with Gasteiger partial charge in [0, 0.05) is 12.4 Å². The molecule has 0 amide bonds. The van der Waals surface area contributed by atoms with E-state index in [9.17, 15) is 9.59 Å². The summed E-state index contributed by atoms with van der Waals surface area (Å²) in [6, 6.07) is 3.17. The zero-order valence-electron chi connectivity index (χ0n) is 9.48. The average Bonchev–Trinajstić information content (AvgIpc) is 2.93. The SMILES string of the molecule is O=C(O)c1cn(-c2cncs2)c2ncccc2c1=O. The third kappa shape index (κ3) is 1.80. The van der Waals surface area contributed by atoms with Gasteiger partial charge in [-0.2, -0.15) is 0 Å². The molecule has 0 aromatic carbocycles. The molecule has 0 aliphatic rings. The molecule has 6 nitrogen and oxygen atoms in total. The molecule has 0 saturated heterocycles. The van der Waals surface area contributed by atoms with Crippen molar-refractivity contribution in [3.05, 3.63) is 52.0 Å². The van der Waals surface area contributed by atoms with Crippen LogP contribution in [0.15, 0.2) is 41.0 Å². The van der Waals surface area contributed by atoms with E-state index >= 15 is 0 Å². The van der Waals surface area contributed by atoms with Crippen molar-refractivity contribution in [3.8, 4) is 5.00 Å². The molecular weight excluding hydrogens is 266 g/mol. The van der Waals surface area contributed by atoms with Gasteiger partial charge >= 0.3 is 5.97 Å². The Bertz CT molecular complexity index is 824. The summed E-state index contributed by atoms with van der Waals surface area (Å²) >= 11 is 1.33. The van der Waals surface area contributed by atoms with Crippen molar-refractivity contribution in [1.29, 1.82) is 0 Å². The Morgan fingerprint density at radius 3 is 2.95 bits per heavy atom. The maximum Gasteiger partial charge on any atom is 0.341 e. The van der Waals surface area contributed by atoms with Crippen molar-refractivity contribution in [2.45, 2.75) is 0 Å². The first-order valence-electron chi connectivity index (χ1n) is 5.31. The van der Waals surface area contributed by atoms with Gasteiger partial charge in [-0.15, -0.1) is 11.3 Å². The quantitative estimate of drug-likeness (QED) is 0.765. The predicted octanol–water partition coefficient (Wildman–Crippen LogP) is 1.54. The van der Waals surface area contributed by atoms with Crippen molar-refractivity contribution in [2.24, 2.45) is 0 Å². The Morgan fingerprint density at radius 1 is 1.42 bits per heavy atom. The first kappa shape index (κ1) is 11.5. The number of carboxylic acids is 1. The molecule has 3 aromatic rings. The maximum atomic E-state index is 12.0. The minimum absolute atomic E-state index is 0.274. The summed E-state index contributed by atoms with van der Waals surface area (Å²) in [4.78, 5) is 31.3. The fourth-order valence-electron chi connectivity index (χ4n) is 1.81. The minimum atomic E-state index is -1.26. The summed E-state index contributed by atoms with van der Waals surface area (Å²) in [5, 5.41) is 10.1. The summed E-state index contributed by atoms with van der Waals surface area (Å²) < 4.78 is 1.57. The number of fused-ring (bicyclic) bond motifs is 1. The first-order valence-corrected chi connectivity index (χ1v) is 6.19. The Morgan fingerprint density at radius 2 is 2.26 bits per heavy atom. The largest absolute Gasteiger partial charge is 0.477 e. The second kappa shape index (κ2) is 4.29. The molecule has 19 heavy (non-hydrogen) atoms. The molecule has 0 aliphatic heterocycles. The highest BCUT2D eigenvalue weighted by atomic mass is 32.1. The van der Waals surface area contributed by atoms with E-state index in [0.29, 0.717) is 10.6 Å². The van der Waals surface area contributed by atoms with Crippen LogP contribution in [0.1, 0.15) is 10.4 Å². The van der Waals surface area contributed by atoms with Crippen LogP contribution in [0.3, 0.4) is 0 Å². The molecule has 0 unspecified atom stereocenters. The van der Waals surface area contributed by atoms with Gasteiger partial charge in [0.15, 0.2) is 0 Å². The molecule has 0 aliphatic carbocycles. The molecule has 7 heteroatoms. The van der Waals surface area contributed by atoms with Crippen molar-refractivity contribution >= 4 is 28.3 Å². The molecule has 3 rings (SSSR count).